The van der Waals surface area contributed by atoms with Gasteiger partial charge in [-0.3, -0.25) is 4.79 Å². The average Bonchev–Trinajstić information content (AvgIpc) is 3.25. The number of amidine groups is 1. The first-order chi connectivity index (χ1) is 16.4. The maximum absolute atomic E-state index is 12.8. The van der Waals surface area contributed by atoms with Crippen LogP contribution in [0.5, 0.6) is 11.5 Å². The Morgan fingerprint density at radius 2 is 1.74 bits per heavy atom. The Kier molecular flexibility index (Phi) is 6.18. The van der Waals surface area contributed by atoms with Crippen molar-refractivity contribution in [3.8, 4) is 11.5 Å². The predicted octanol–water partition coefficient (Wildman–Crippen LogP) is 4.63. The number of aryl methyl sites for hydroxylation is 1. The smallest absolute Gasteiger partial charge is 0.252 e. The van der Waals surface area contributed by atoms with Crippen LogP contribution in [0.25, 0.3) is 0 Å². The highest BCUT2D eigenvalue weighted by Gasteiger charge is 2.49. The number of anilines is 1. The van der Waals surface area contributed by atoms with E-state index in [1.165, 1.54) is 11.8 Å². The number of ether oxygens (including phenoxy) is 1. The van der Waals surface area contributed by atoms with Crippen molar-refractivity contribution in [2.24, 2.45) is 4.99 Å². The Balaban J connectivity index is 1.40. The molecule has 2 unspecified atom stereocenters. The van der Waals surface area contributed by atoms with Crippen molar-refractivity contribution in [3.05, 3.63) is 90.0 Å². The Hall–Kier alpha value is -3.10. The van der Waals surface area contributed by atoms with E-state index in [4.69, 9.17) is 4.74 Å². The number of benzene rings is 3. The van der Waals surface area contributed by atoms with Gasteiger partial charge in [0.1, 0.15) is 11.5 Å². The first-order valence-corrected chi connectivity index (χ1v) is 13.7. The van der Waals surface area contributed by atoms with Crippen molar-refractivity contribution in [3.63, 3.8) is 0 Å². The molecule has 2 heterocycles. The van der Waals surface area contributed by atoms with Gasteiger partial charge in [0.2, 0.25) is 0 Å². The fourth-order valence-electron chi connectivity index (χ4n) is 4.31. The van der Waals surface area contributed by atoms with Crippen LogP contribution in [0.1, 0.15) is 11.1 Å². The summed E-state index contributed by atoms with van der Waals surface area (Å²) in [7, 11) is -3.13. The summed E-state index contributed by atoms with van der Waals surface area (Å²) in [5.41, 5.74) is 2.79. The Morgan fingerprint density at radius 3 is 2.47 bits per heavy atom. The molecular weight excluding hydrogens is 468 g/mol. The first kappa shape index (κ1) is 22.7. The molecule has 0 aliphatic carbocycles. The molecule has 2 fully saturated rings. The number of carbonyl (C=O) groups excluding carboxylic acids is 1. The van der Waals surface area contributed by atoms with E-state index in [1.807, 2.05) is 90.7 Å². The lowest BCUT2D eigenvalue weighted by molar-refractivity contribution is -0.117. The number of hydrogen-bond donors (Lipinski definition) is 0. The summed E-state index contributed by atoms with van der Waals surface area (Å²) < 4.78 is 30.5. The molecule has 6 nitrogen and oxygen atoms in total. The lowest BCUT2D eigenvalue weighted by Gasteiger charge is -2.24. The van der Waals surface area contributed by atoms with E-state index in [1.54, 1.807) is 0 Å². The van der Waals surface area contributed by atoms with E-state index in [9.17, 15) is 13.2 Å². The monoisotopic (exact) mass is 492 g/mol. The van der Waals surface area contributed by atoms with Crippen molar-refractivity contribution < 1.29 is 17.9 Å². The minimum atomic E-state index is -3.13. The fourth-order valence-corrected chi connectivity index (χ4v) is 8.24. The number of carbonyl (C=O) groups is 1. The zero-order valence-corrected chi connectivity index (χ0v) is 20.3. The van der Waals surface area contributed by atoms with Crippen molar-refractivity contribution in [1.29, 1.82) is 0 Å². The van der Waals surface area contributed by atoms with Crippen LogP contribution in [-0.2, 0) is 21.1 Å². The lowest BCUT2D eigenvalue weighted by Crippen LogP contribution is -2.37. The van der Waals surface area contributed by atoms with Gasteiger partial charge >= 0.3 is 0 Å². The van der Waals surface area contributed by atoms with E-state index in [-0.39, 0.29) is 35.1 Å². The molecule has 2 aliphatic heterocycles. The molecule has 34 heavy (non-hydrogen) atoms. The minimum Gasteiger partial charge on any atom is -0.457 e. The second-order valence-electron chi connectivity index (χ2n) is 8.53. The van der Waals surface area contributed by atoms with Crippen LogP contribution in [-0.4, -0.2) is 42.3 Å². The molecule has 2 saturated heterocycles. The largest absolute Gasteiger partial charge is 0.457 e. The Bertz CT molecular complexity index is 1340. The summed E-state index contributed by atoms with van der Waals surface area (Å²) in [5.74, 6) is 1.31. The third kappa shape index (κ3) is 5.03. The highest BCUT2D eigenvalue weighted by Crippen LogP contribution is 2.41. The number of hydrogen-bond acceptors (Lipinski definition) is 5. The number of rotatable bonds is 5. The number of sulfone groups is 1. The van der Waals surface area contributed by atoms with Gasteiger partial charge in [-0.1, -0.05) is 59.8 Å². The fraction of sp³-hybridized carbons (Fsp3) is 0.231. The summed E-state index contributed by atoms with van der Waals surface area (Å²) >= 11 is 1.38. The normalized spacial score (nSPS) is 22.0. The van der Waals surface area contributed by atoms with E-state index >= 15 is 0 Å². The second-order valence-corrected chi connectivity index (χ2v) is 11.9. The number of amides is 1. The molecule has 3 aromatic rings. The van der Waals surface area contributed by atoms with Crippen molar-refractivity contribution in [2.45, 2.75) is 24.6 Å². The van der Waals surface area contributed by atoms with Gasteiger partial charge in [-0.15, -0.1) is 0 Å². The number of aliphatic imine (C=N–C) groups is 1. The predicted molar refractivity (Wildman–Crippen MR) is 137 cm³/mol. The molecule has 2 aliphatic rings. The number of para-hydroxylation sites is 1. The van der Waals surface area contributed by atoms with Crippen LogP contribution in [0.15, 0.2) is 83.9 Å². The van der Waals surface area contributed by atoms with Crippen LogP contribution in [0, 0.1) is 6.92 Å². The SMILES string of the molecule is Cc1cccc(CC(=O)N=C2SC3CS(=O)(=O)CC3N2c2ccc(Oc3ccccc3)cc2)c1. The topological polar surface area (TPSA) is 76.0 Å². The van der Waals surface area contributed by atoms with Crippen LogP contribution < -0.4 is 9.64 Å². The highest BCUT2D eigenvalue weighted by molar-refractivity contribution is 8.16. The molecule has 0 aromatic heterocycles. The van der Waals surface area contributed by atoms with E-state index in [2.05, 4.69) is 4.99 Å². The Labute approximate surface area is 203 Å². The molecule has 3 aromatic carbocycles. The highest BCUT2D eigenvalue weighted by atomic mass is 32.2. The molecule has 0 saturated carbocycles. The molecule has 5 rings (SSSR count). The number of thioether (sulfide) groups is 1. The maximum atomic E-state index is 12.8. The van der Waals surface area contributed by atoms with Crippen LogP contribution in [0.4, 0.5) is 5.69 Å². The van der Waals surface area contributed by atoms with Gasteiger partial charge in [0.25, 0.3) is 5.91 Å². The summed E-state index contributed by atoms with van der Waals surface area (Å²) in [5, 5.41) is 0.412. The average molecular weight is 493 g/mol. The zero-order chi connectivity index (χ0) is 23.7. The lowest BCUT2D eigenvalue weighted by atomic mass is 10.1. The third-order valence-corrected chi connectivity index (χ3v) is 9.03. The summed E-state index contributed by atoms with van der Waals surface area (Å²) in [4.78, 5) is 19.1. The number of fused-ring (bicyclic) bond motifs is 1. The molecule has 0 spiro atoms. The molecule has 174 valence electrons. The van der Waals surface area contributed by atoms with E-state index in [0.717, 1.165) is 22.6 Å². The Morgan fingerprint density at radius 1 is 1.00 bits per heavy atom. The van der Waals surface area contributed by atoms with Gasteiger partial charge in [0.15, 0.2) is 15.0 Å². The van der Waals surface area contributed by atoms with Gasteiger partial charge in [0, 0.05) is 10.9 Å². The first-order valence-electron chi connectivity index (χ1n) is 11.0. The van der Waals surface area contributed by atoms with Gasteiger partial charge in [-0.25, -0.2) is 8.42 Å². The summed E-state index contributed by atoms with van der Waals surface area (Å²) in [6, 6.07) is 24.5. The standard InChI is InChI=1S/C26H24N2O4S2/c1-18-6-5-7-19(14-18)15-25(29)27-26-28(23-16-34(30,31)17-24(23)33-26)20-10-12-22(13-11-20)32-21-8-3-2-4-9-21/h2-14,23-24H,15-17H2,1H3. The second kappa shape index (κ2) is 9.27. The third-order valence-electron chi connectivity index (χ3n) is 5.82. The number of nitrogens with zero attached hydrogens (tertiary/aromatic N) is 2. The minimum absolute atomic E-state index is 0.0536. The van der Waals surface area contributed by atoms with Gasteiger partial charge in [-0.2, -0.15) is 4.99 Å². The van der Waals surface area contributed by atoms with Crippen molar-refractivity contribution in [2.75, 3.05) is 16.4 Å². The van der Waals surface area contributed by atoms with Gasteiger partial charge in [-0.05, 0) is 48.9 Å². The van der Waals surface area contributed by atoms with Crippen LogP contribution >= 0.6 is 11.8 Å². The molecule has 0 radical (unpaired) electrons. The van der Waals surface area contributed by atoms with Gasteiger partial charge < -0.3 is 9.64 Å². The molecule has 2 atom stereocenters. The molecule has 1 amide bonds. The summed E-state index contributed by atoms with van der Waals surface area (Å²) in [6.07, 6.45) is 0.205. The van der Waals surface area contributed by atoms with Crippen molar-refractivity contribution >= 4 is 38.4 Å². The molecule has 8 heteroatoms. The molecular formula is C26H24N2O4S2. The van der Waals surface area contributed by atoms with Crippen LogP contribution in [0.2, 0.25) is 0 Å². The van der Waals surface area contributed by atoms with Gasteiger partial charge in [0.05, 0.1) is 24.0 Å². The maximum Gasteiger partial charge on any atom is 0.252 e. The quantitative estimate of drug-likeness (QED) is 0.517. The molecule has 0 bridgehead atoms. The van der Waals surface area contributed by atoms with Crippen molar-refractivity contribution in [1.82, 2.24) is 0 Å². The van der Waals surface area contributed by atoms with E-state index in [0.29, 0.717) is 10.9 Å². The zero-order valence-electron chi connectivity index (χ0n) is 18.6. The van der Waals surface area contributed by atoms with E-state index < -0.39 is 9.84 Å². The van der Waals surface area contributed by atoms with Crippen LogP contribution in [0.3, 0.4) is 0 Å². The summed E-state index contributed by atoms with van der Waals surface area (Å²) in [6.45, 7) is 1.99. The molecule has 0 N–H and O–H groups in total.